The van der Waals surface area contributed by atoms with E-state index in [0.29, 0.717) is 19.4 Å². The van der Waals surface area contributed by atoms with Crippen LogP contribution in [0.1, 0.15) is 25.7 Å². The lowest BCUT2D eigenvalue weighted by atomic mass is 10.1. The van der Waals surface area contributed by atoms with Gasteiger partial charge in [0.15, 0.2) is 0 Å². The summed E-state index contributed by atoms with van der Waals surface area (Å²) in [6.45, 7) is 3.06. The molecule has 0 aliphatic carbocycles. The van der Waals surface area contributed by atoms with Crippen LogP contribution in [0.3, 0.4) is 0 Å². The second-order valence-electron chi connectivity index (χ2n) is 4.83. The average molecular weight is 239 g/mol. The molecule has 2 saturated heterocycles. The monoisotopic (exact) mass is 239 g/mol. The van der Waals surface area contributed by atoms with Crippen molar-refractivity contribution in [2.24, 2.45) is 0 Å². The van der Waals surface area contributed by atoms with Gasteiger partial charge in [-0.3, -0.25) is 9.59 Å². The van der Waals surface area contributed by atoms with Gasteiger partial charge in [0, 0.05) is 38.5 Å². The minimum Gasteiger partial charge on any atom is -0.339 e. The number of hydrogen-bond donors (Lipinski definition) is 1. The minimum atomic E-state index is 0.235. The second kappa shape index (κ2) is 5.49. The van der Waals surface area contributed by atoms with Gasteiger partial charge in [0.25, 0.3) is 0 Å². The number of carbonyl (C=O) groups is 2. The molecule has 2 rings (SSSR count). The lowest BCUT2D eigenvalue weighted by Crippen LogP contribution is -2.53. The summed E-state index contributed by atoms with van der Waals surface area (Å²) in [7, 11) is 1.90. The highest BCUT2D eigenvalue weighted by Crippen LogP contribution is 2.23. The molecular weight excluding hydrogens is 218 g/mol. The Morgan fingerprint density at radius 1 is 1.47 bits per heavy atom. The number of carbonyl (C=O) groups excluding carboxylic acids is 2. The quantitative estimate of drug-likeness (QED) is 0.692. The van der Waals surface area contributed by atoms with Gasteiger partial charge in [0.2, 0.25) is 11.8 Å². The maximum absolute atomic E-state index is 11.9. The van der Waals surface area contributed by atoms with Crippen molar-refractivity contribution >= 4 is 11.8 Å². The summed E-state index contributed by atoms with van der Waals surface area (Å²) in [5.74, 6) is 0.497. The molecule has 0 radical (unpaired) electrons. The predicted molar refractivity (Wildman–Crippen MR) is 64.5 cm³/mol. The molecule has 2 fully saturated rings. The number of piperazine rings is 1. The third-order valence-electron chi connectivity index (χ3n) is 3.66. The molecule has 0 aromatic heterocycles. The van der Waals surface area contributed by atoms with E-state index in [0.717, 1.165) is 32.5 Å². The van der Waals surface area contributed by atoms with Crippen molar-refractivity contribution in [1.29, 1.82) is 0 Å². The van der Waals surface area contributed by atoms with Crippen LogP contribution in [0.25, 0.3) is 0 Å². The molecular formula is C12H21N3O2. The van der Waals surface area contributed by atoms with Crippen LogP contribution in [0.15, 0.2) is 0 Å². The number of fused-ring (bicyclic) bond motifs is 1. The summed E-state index contributed by atoms with van der Waals surface area (Å²) in [5, 5.41) is 3.05. The third-order valence-corrected chi connectivity index (χ3v) is 3.66. The summed E-state index contributed by atoms with van der Waals surface area (Å²) >= 11 is 0. The summed E-state index contributed by atoms with van der Waals surface area (Å²) in [6, 6.07) is 0.282. The summed E-state index contributed by atoms with van der Waals surface area (Å²) in [6.07, 6.45) is 3.08. The number of rotatable bonds is 4. The Bertz CT molecular complexity index is 306. The van der Waals surface area contributed by atoms with Crippen molar-refractivity contribution in [3.8, 4) is 0 Å². The van der Waals surface area contributed by atoms with E-state index in [-0.39, 0.29) is 17.9 Å². The van der Waals surface area contributed by atoms with Crippen molar-refractivity contribution in [3.63, 3.8) is 0 Å². The molecule has 1 unspecified atom stereocenters. The van der Waals surface area contributed by atoms with E-state index in [4.69, 9.17) is 0 Å². The number of amides is 2. The number of hydrogen-bond acceptors (Lipinski definition) is 3. The van der Waals surface area contributed by atoms with Crippen molar-refractivity contribution in [2.75, 3.05) is 33.2 Å². The molecule has 2 amide bonds. The number of nitrogens with one attached hydrogen (secondary N) is 1. The third kappa shape index (κ3) is 2.77. The normalized spacial score (nSPS) is 24.1. The van der Waals surface area contributed by atoms with Crippen LogP contribution < -0.4 is 5.32 Å². The van der Waals surface area contributed by atoms with E-state index >= 15 is 0 Å². The largest absolute Gasteiger partial charge is 0.339 e. The highest BCUT2D eigenvalue weighted by Gasteiger charge is 2.36. The lowest BCUT2D eigenvalue weighted by molar-refractivity contribution is -0.139. The van der Waals surface area contributed by atoms with Gasteiger partial charge in [0.1, 0.15) is 0 Å². The first kappa shape index (κ1) is 12.4. The Labute approximate surface area is 102 Å². The molecule has 5 nitrogen and oxygen atoms in total. The topological polar surface area (TPSA) is 52.7 Å². The van der Waals surface area contributed by atoms with Crippen LogP contribution in [0.5, 0.6) is 0 Å². The van der Waals surface area contributed by atoms with E-state index in [1.807, 2.05) is 16.8 Å². The zero-order valence-electron chi connectivity index (χ0n) is 10.4. The highest BCUT2D eigenvalue weighted by molar-refractivity contribution is 5.80. The molecule has 1 atom stereocenters. The van der Waals surface area contributed by atoms with Crippen molar-refractivity contribution in [3.05, 3.63) is 0 Å². The molecule has 0 saturated carbocycles. The summed E-state index contributed by atoms with van der Waals surface area (Å²) in [4.78, 5) is 27.3. The van der Waals surface area contributed by atoms with Crippen LogP contribution >= 0.6 is 0 Å². The van der Waals surface area contributed by atoms with Crippen molar-refractivity contribution in [1.82, 2.24) is 15.1 Å². The Kier molecular flexibility index (Phi) is 3.99. The van der Waals surface area contributed by atoms with Crippen LogP contribution in [-0.2, 0) is 9.59 Å². The second-order valence-corrected chi connectivity index (χ2v) is 4.83. The maximum atomic E-state index is 11.9. The van der Waals surface area contributed by atoms with E-state index in [2.05, 4.69) is 5.32 Å². The maximum Gasteiger partial charge on any atom is 0.223 e. The summed E-state index contributed by atoms with van der Waals surface area (Å²) in [5.41, 5.74) is 0. The van der Waals surface area contributed by atoms with Crippen molar-refractivity contribution < 1.29 is 9.59 Å². The molecule has 0 aromatic rings. The highest BCUT2D eigenvalue weighted by atomic mass is 16.2. The molecule has 2 aliphatic rings. The lowest BCUT2D eigenvalue weighted by Gasteiger charge is -2.37. The van der Waals surface area contributed by atoms with Gasteiger partial charge >= 0.3 is 0 Å². The Hall–Kier alpha value is -1.10. The van der Waals surface area contributed by atoms with Gasteiger partial charge < -0.3 is 15.1 Å². The zero-order chi connectivity index (χ0) is 12.3. The average Bonchev–Trinajstić information content (AvgIpc) is 2.71. The van der Waals surface area contributed by atoms with Crippen LogP contribution in [0.4, 0.5) is 0 Å². The zero-order valence-corrected chi connectivity index (χ0v) is 10.4. The minimum absolute atomic E-state index is 0.235. The smallest absolute Gasteiger partial charge is 0.223 e. The first-order chi connectivity index (χ1) is 8.22. The van der Waals surface area contributed by atoms with E-state index < -0.39 is 0 Å². The Balaban J connectivity index is 1.80. The fraction of sp³-hybridized carbons (Fsp3) is 0.833. The van der Waals surface area contributed by atoms with Crippen LogP contribution in [-0.4, -0.2) is 60.9 Å². The van der Waals surface area contributed by atoms with E-state index in [1.165, 1.54) is 0 Å². The Morgan fingerprint density at radius 3 is 3.06 bits per heavy atom. The van der Waals surface area contributed by atoms with Gasteiger partial charge in [-0.05, 0) is 26.4 Å². The van der Waals surface area contributed by atoms with Gasteiger partial charge in [-0.15, -0.1) is 0 Å². The standard InChI is InChI=1S/C12H21N3O2/c1-13-6-2-3-11(16)14-7-8-15-10(9-14)4-5-12(15)17/h10,13H,2-9H2,1H3. The molecule has 0 spiro atoms. The number of nitrogens with zero attached hydrogens (tertiary/aromatic N) is 2. The van der Waals surface area contributed by atoms with Crippen LogP contribution in [0, 0.1) is 0 Å². The fourth-order valence-electron chi connectivity index (χ4n) is 2.67. The summed E-state index contributed by atoms with van der Waals surface area (Å²) < 4.78 is 0. The van der Waals surface area contributed by atoms with Gasteiger partial charge in [-0.25, -0.2) is 0 Å². The van der Waals surface area contributed by atoms with Gasteiger partial charge in [-0.1, -0.05) is 0 Å². The Morgan fingerprint density at radius 2 is 2.29 bits per heavy atom. The molecule has 2 aliphatic heterocycles. The molecule has 2 heterocycles. The van der Waals surface area contributed by atoms with Gasteiger partial charge in [0.05, 0.1) is 0 Å². The first-order valence-electron chi connectivity index (χ1n) is 6.44. The molecule has 0 bridgehead atoms. The molecule has 5 heteroatoms. The molecule has 1 N–H and O–H groups in total. The SMILES string of the molecule is CNCCCC(=O)N1CCN2C(=O)CCC2C1. The predicted octanol–water partition coefficient (Wildman–Crippen LogP) is -0.181. The van der Waals surface area contributed by atoms with Gasteiger partial charge in [-0.2, -0.15) is 0 Å². The molecule has 96 valence electrons. The van der Waals surface area contributed by atoms with E-state index in [9.17, 15) is 9.59 Å². The fourth-order valence-corrected chi connectivity index (χ4v) is 2.67. The molecule has 0 aromatic carbocycles. The van der Waals surface area contributed by atoms with Crippen molar-refractivity contribution in [2.45, 2.75) is 31.7 Å². The molecule has 17 heavy (non-hydrogen) atoms. The first-order valence-corrected chi connectivity index (χ1v) is 6.44. The van der Waals surface area contributed by atoms with E-state index in [1.54, 1.807) is 0 Å². The van der Waals surface area contributed by atoms with Crippen LogP contribution in [0.2, 0.25) is 0 Å².